The van der Waals surface area contributed by atoms with Gasteiger partial charge in [-0.2, -0.15) is 0 Å². The Hall–Kier alpha value is -3.46. The van der Waals surface area contributed by atoms with Crippen LogP contribution in [-0.4, -0.2) is 27.0 Å². The molecule has 1 aromatic carbocycles. The second-order valence-corrected chi connectivity index (χ2v) is 5.44. The molecule has 0 unspecified atom stereocenters. The molecule has 2 aromatic heterocycles. The summed E-state index contributed by atoms with van der Waals surface area (Å²) in [6.07, 6.45) is 4.34. The third kappa shape index (κ3) is 3.78. The van der Waals surface area contributed by atoms with E-state index < -0.39 is 4.92 Å². The summed E-state index contributed by atoms with van der Waals surface area (Å²) in [4.78, 5) is 22.9. The molecule has 132 valence electrons. The molecule has 0 atom stereocenters. The molecule has 0 spiro atoms. The maximum atomic E-state index is 11.6. The number of nitrogens with zero attached hydrogens (tertiary/aromatic N) is 4. The molecular formula is C16H13ClN6O3. The molecule has 0 aliphatic heterocycles. The van der Waals surface area contributed by atoms with E-state index in [1.54, 1.807) is 42.7 Å². The summed E-state index contributed by atoms with van der Waals surface area (Å²) in [6, 6.07) is 8.21. The van der Waals surface area contributed by atoms with Gasteiger partial charge in [-0.1, -0.05) is 11.6 Å². The van der Waals surface area contributed by atoms with Crippen LogP contribution in [-0.2, 0) is 0 Å². The van der Waals surface area contributed by atoms with E-state index in [9.17, 15) is 10.1 Å². The number of methoxy groups -OCH3 is 1. The largest absolute Gasteiger partial charge is 0.495 e. The fraction of sp³-hybridized carbons (Fsp3) is 0.0625. The van der Waals surface area contributed by atoms with Gasteiger partial charge in [0.05, 0.1) is 17.7 Å². The molecule has 0 bridgehead atoms. The Balaban J connectivity index is 2.01. The van der Waals surface area contributed by atoms with Crippen LogP contribution < -0.4 is 15.4 Å². The maximum Gasteiger partial charge on any atom is 0.353 e. The van der Waals surface area contributed by atoms with Crippen molar-refractivity contribution < 1.29 is 9.66 Å². The quantitative estimate of drug-likeness (QED) is 0.494. The van der Waals surface area contributed by atoms with Crippen LogP contribution in [0.25, 0.3) is 0 Å². The topological polar surface area (TPSA) is 115 Å². The van der Waals surface area contributed by atoms with Gasteiger partial charge in [0.2, 0.25) is 11.6 Å². The lowest BCUT2D eigenvalue weighted by Crippen LogP contribution is -2.06. The Labute approximate surface area is 153 Å². The first-order valence-corrected chi connectivity index (χ1v) is 7.73. The van der Waals surface area contributed by atoms with Gasteiger partial charge in [0.15, 0.2) is 0 Å². The minimum absolute atomic E-state index is 0.00197. The average molecular weight is 373 g/mol. The minimum Gasteiger partial charge on any atom is -0.495 e. The highest BCUT2D eigenvalue weighted by atomic mass is 35.5. The lowest BCUT2D eigenvalue weighted by Gasteiger charge is -2.12. The summed E-state index contributed by atoms with van der Waals surface area (Å²) < 4.78 is 5.24. The molecule has 2 heterocycles. The summed E-state index contributed by atoms with van der Waals surface area (Å²) in [6.45, 7) is 0. The second kappa shape index (κ2) is 7.62. The summed E-state index contributed by atoms with van der Waals surface area (Å²) in [5.74, 6) is 0.507. The number of halogens is 1. The number of nitrogens with one attached hydrogen (secondary N) is 2. The highest BCUT2D eigenvalue weighted by molar-refractivity contribution is 6.31. The fourth-order valence-corrected chi connectivity index (χ4v) is 2.38. The van der Waals surface area contributed by atoms with Crippen LogP contribution in [0.1, 0.15) is 0 Å². The Bertz CT molecular complexity index is 939. The smallest absolute Gasteiger partial charge is 0.353 e. The fourth-order valence-electron chi connectivity index (χ4n) is 2.21. The van der Waals surface area contributed by atoms with Gasteiger partial charge in [-0.3, -0.25) is 15.1 Å². The summed E-state index contributed by atoms with van der Waals surface area (Å²) in [5.41, 5.74) is 0.732. The molecule has 2 N–H and O–H groups in total. The summed E-state index contributed by atoms with van der Waals surface area (Å²) in [5, 5.41) is 17.8. The van der Waals surface area contributed by atoms with Gasteiger partial charge in [-0.05, 0) is 30.3 Å². The Morgan fingerprint density at radius 3 is 2.46 bits per heavy atom. The van der Waals surface area contributed by atoms with Crippen molar-refractivity contribution in [3.8, 4) is 5.75 Å². The van der Waals surface area contributed by atoms with E-state index in [2.05, 4.69) is 25.6 Å². The number of nitro groups is 1. The number of anilines is 4. The van der Waals surface area contributed by atoms with Gasteiger partial charge in [-0.25, -0.2) is 9.97 Å². The van der Waals surface area contributed by atoms with E-state index >= 15 is 0 Å². The summed E-state index contributed by atoms with van der Waals surface area (Å²) in [7, 11) is 1.49. The number of ether oxygens (including phenoxy) is 1. The van der Waals surface area contributed by atoms with Crippen molar-refractivity contribution in [3.63, 3.8) is 0 Å². The first-order valence-electron chi connectivity index (χ1n) is 7.35. The van der Waals surface area contributed by atoms with E-state index in [0.29, 0.717) is 22.1 Å². The van der Waals surface area contributed by atoms with Crippen molar-refractivity contribution in [2.45, 2.75) is 0 Å². The highest BCUT2D eigenvalue weighted by Gasteiger charge is 2.24. The highest BCUT2D eigenvalue weighted by Crippen LogP contribution is 2.36. The lowest BCUT2D eigenvalue weighted by molar-refractivity contribution is -0.383. The molecule has 0 saturated heterocycles. The lowest BCUT2D eigenvalue weighted by atomic mass is 10.3. The Morgan fingerprint density at radius 1 is 1.12 bits per heavy atom. The van der Waals surface area contributed by atoms with Crippen LogP contribution in [0.5, 0.6) is 5.75 Å². The summed E-state index contributed by atoms with van der Waals surface area (Å²) >= 11 is 6.00. The van der Waals surface area contributed by atoms with Gasteiger partial charge in [-0.15, -0.1) is 0 Å². The van der Waals surface area contributed by atoms with Gasteiger partial charge >= 0.3 is 5.69 Å². The first kappa shape index (κ1) is 17.4. The third-order valence-electron chi connectivity index (χ3n) is 3.36. The minimum atomic E-state index is -0.567. The van der Waals surface area contributed by atoms with Crippen molar-refractivity contribution in [3.05, 3.63) is 64.2 Å². The van der Waals surface area contributed by atoms with Crippen LogP contribution in [0.3, 0.4) is 0 Å². The Morgan fingerprint density at radius 2 is 1.81 bits per heavy atom. The molecule has 10 heteroatoms. The predicted octanol–water partition coefficient (Wildman–Crippen LogP) is 3.93. The molecule has 3 rings (SSSR count). The predicted molar refractivity (Wildman–Crippen MR) is 97.5 cm³/mol. The molecule has 0 fully saturated rings. The Kier molecular flexibility index (Phi) is 5.09. The van der Waals surface area contributed by atoms with Crippen molar-refractivity contribution in [2.75, 3.05) is 17.7 Å². The number of hydrogen-bond acceptors (Lipinski definition) is 8. The molecule has 0 radical (unpaired) electrons. The third-order valence-corrected chi connectivity index (χ3v) is 3.60. The van der Waals surface area contributed by atoms with E-state index in [4.69, 9.17) is 16.3 Å². The molecule has 26 heavy (non-hydrogen) atoms. The van der Waals surface area contributed by atoms with Crippen molar-refractivity contribution in [1.29, 1.82) is 0 Å². The average Bonchev–Trinajstić information content (AvgIpc) is 2.63. The SMILES string of the molecule is COc1ccc(Cl)cc1Nc1ncnc(Nc2ccncc2)c1[N+](=O)[O-]. The molecular weight excluding hydrogens is 360 g/mol. The zero-order valence-electron chi connectivity index (χ0n) is 13.5. The molecule has 0 aliphatic rings. The molecule has 0 saturated carbocycles. The molecule has 9 nitrogen and oxygen atoms in total. The van der Waals surface area contributed by atoms with Crippen molar-refractivity contribution >= 4 is 40.3 Å². The van der Waals surface area contributed by atoms with Crippen LogP contribution in [0.2, 0.25) is 5.02 Å². The molecule has 0 amide bonds. The first-order chi connectivity index (χ1) is 12.6. The number of aromatic nitrogens is 3. The monoisotopic (exact) mass is 372 g/mol. The van der Waals surface area contributed by atoms with Gasteiger partial charge in [0.25, 0.3) is 0 Å². The maximum absolute atomic E-state index is 11.6. The van der Waals surface area contributed by atoms with Crippen LogP contribution in [0.4, 0.5) is 28.7 Å². The van der Waals surface area contributed by atoms with Gasteiger partial charge in [0, 0.05) is 23.1 Å². The van der Waals surface area contributed by atoms with E-state index in [-0.39, 0.29) is 17.3 Å². The van der Waals surface area contributed by atoms with Crippen molar-refractivity contribution in [1.82, 2.24) is 15.0 Å². The number of pyridine rings is 1. The van der Waals surface area contributed by atoms with E-state index in [1.165, 1.54) is 13.4 Å². The van der Waals surface area contributed by atoms with E-state index in [1.807, 2.05) is 0 Å². The molecule has 0 aliphatic carbocycles. The number of benzene rings is 1. The molecule has 3 aromatic rings. The second-order valence-electron chi connectivity index (χ2n) is 5.01. The zero-order chi connectivity index (χ0) is 18.5. The standard InChI is InChI=1S/C16H13ClN6O3/c1-26-13-3-2-10(17)8-12(13)22-16-14(23(24)25)15(19-9-20-16)21-11-4-6-18-7-5-11/h2-9H,1H3,(H2,18,19,20,21,22). The van der Waals surface area contributed by atoms with Crippen LogP contribution in [0, 0.1) is 10.1 Å². The normalized spacial score (nSPS) is 10.2. The van der Waals surface area contributed by atoms with Gasteiger partial charge < -0.3 is 15.4 Å². The number of rotatable bonds is 6. The van der Waals surface area contributed by atoms with E-state index in [0.717, 1.165) is 0 Å². The van der Waals surface area contributed by atoms with Crippen LogP contribution in [0.15, 0.2) is 49.1 Å². The van der Waals surface area contributed by atoms with Crippen LogP contribution >= 0.6 is 11.6 Å². The zero-order valence-corrected chi connectivity index (χ0v) is 14.3. The van der Waals surface area contributed by atoms with Gasteiger partial charge in [0.1, 0.15) is 12.1 Å². The van der Waals surface area contributed by atoms with Crippen molar-refractivity contribution in [2.24, 2.45) is 0 Å². The number of hydrogen-bond donors (Lipinski definition) is 2.